The van der Waals surface area contributed by atoms with Crippen LogP contribution in [0.4, 0.5) is 4.39 Å². The standard InChI is InChI=1S/C14H22FN/c1-13(2,3)9-10-14(4,16)11-7-5-6-8-12(11)15/h5-8H,9-10,16H2,1-4H3. The van der Waals surface area contributed by atoms with Crippen LogP contribution < -0.4 is 5.73 Å². The van der Waals surface area contributed by atoms with E-state index in [9.17, 15) is 4.39 Å². The molecule has 0 amide bonds. The van der Waals surface area contributed by atoms with Crippen LogP contribution in [0.2, 0.25) is 0 Å². The summed E-state index contributed by atoms with van der Waals surface area (Å²) in [7, 11) is 0. The molecular weight excluding hydrogens is 201 g/mol. The fourth-order valence-electron chi connectivity index (χ4n) is 1.69. The van der Waals surface area contributed by atoms with Crippen molar-refractivity contribution in [2.24, 2.45) is 11.1 Å². The van der Waals surface area contributed by atoms with Crippen molar-refractivity contribution in [2.45, 2.75) is 46.1 Å². The number of nitrogens with two attached hydrogens (primary N) is 1. The molecule has 0 aliphatic rings. The van der Waals surface area contributed by atoms with Gasteiger partial charge >= 0.3 is 0 Å². The Kier molecular flexibility index (Phi) is 3.74. The van der Waals surface area contributed by atoms with Gasteiger partial charge in [0, 0.05) is 11.1 Å². The largest absolute Gasteiger partial charge is 0.322 e. The molecule has 0 heterocycles. The van der Waals surface area contributed by atoms with Gasteiger partial charge in [-0.15, -0.1) is 0 Å². The molecule has 1 rings (SSSR count). The lowest BCUT2D eigenvalue weighted by atomic mass is 9.81. The Morgan fingerprint density at radius 3 is 2.12 bits per heavy atom. The van der Waals surface area contributed by atoms with E-state index in [-0.39, 0.29) is 11.2 Å². The van der Waals surface area contributed by atoms with Crippen LogP contribution in [0.3, 0.4) is 0 Å². The van der Waals surface area contributed by atoms with Crippen molar-refractivity contribution in [3.05, 3.63) is 35.6 Å². The van der Waals surface area contributed by atoms with Gasteiger partial charge in [0.05, 0.1) is 0 Å². The number of hydrogen-bond acceptors (Lipinski definition) is 1. The minimum Gasteiger partial charge on any atom is -0.322 e. The van der Waals surface area contributed by atoms with E-state index in [0.29, 0.717) is 5.56 Å². The third-order valence-electron chi connectivity index (χ3n) is 2.88. The van der Waals surface area contributed by atoms with Gasteiger partial charge in [-0.1, -0.05) is 39.0 Å². The van der Waals surface area contributed by atoms with Gasteiger partial charge in [0.2, 0.25) is 0 Å². The molecule has 0 aliphatic heterocycles. The lowest BCUT2D eigenvalue weighted by molar-refractivity contribution is 0.302. The second kappa shape index (κ2) is 4.54. The number of rotatable bonds is 3. The smallest absolute Gasteiger partial charge is 0.128 e. The summed E-state index contributed by atoms with van der Waals surface area (Å²) in [6.07, 6.45) is 1.77. The minimum absolute atomic E-state index is 0.207. The van der Waals surface area contributed by atoms with Crippen molar-refractivity contribution in [3.8, 4) is 0 Å². The highest BCUT2D eigenvalue weighted by Gasteiger charge is 2.26. The third-order valence-corrected chi connectivity index (χ3v) is 2.88. The van der Waals surface area contributed by atoms with Crippen molar-refractivity contribution in [2.75, 3.05) is 0 Å². The van der Waals surface area contributed by atoms with Gasteiger partial charge in [-0.25, -0.2) is 4.39 Å². The van der Waals surface area contributed by atoms with Gasteiger partial charge in [0.1, 0.15) is 5.82 Å². The predicted molar refractivity (Wildman–Crippen MR) is 66.6 cm³/mol. The minimum atomic E-state index is -0.585. The molecule has 0 radical (unpaired) electrons. The Balaban J connectivity index is 2.82. The Morgan fingerprint density at radius 1 is 1.06 bits per heavy atom. The zero-order valence-corrected chi connectivity index (χ0v) is 10.7. The number of halogens is 1. The van der Waals surface area contributed by atoms with E-state index >= 15 is 0 Å². The first-order valence-electron chi connectivity index (χ1n) is 5.76. The fourth-order valence-corrected chi connectivity index (χ4v) is 1.69. The van der Waals surface area contributed by atoms with Crippen molar-refractivity contribution >= 4 is 0 Å². The molecule has 1 aromatic rings. The molecule has 0 spiro atoms. The van der Waals surface area contributed by atoms with E-state index in [1.165, 1.54) is 6.07 Å². The number of hydrogen-bond donors (Lipinski definition) is 1. The van der Waals surface area contributed by atoms with Gasteiger partial charge in [0.25, 0.3) is 0 Å². The van der Waals surface area contributed by atoms with Crippen LogP contribution >= 0.6 is 0 Å². The maximum Gasteiger partial charge on any atom is 0.128 e. The molecule has 0 bridgehead atoms. The van der Waals surface area contributed by atoms with Gasteiger partial charge in [-0.3, -0.25) is 0 Å². The molecule has 16 heavy (non-hydrogen) atoms. The van der Waals surface area contributed by atoms with Crippen LogP contribution in [0, 0.1) is 11.2 Å². The first-order valence-corrected chi connectivity index (χ1v) is 5.76. The van der Waals surface area contributed by atoms with Gasteiger partial charge in [0.15, 0.2) is 0 Å². The summed E-state index contributed by atoms with van der Waals surface area (Å²) in [5.41, 5.74) is 6.46. The molecule has 1 atom stereocenters. The molecule has 1 nitrogen and oxygen atoms in total. The Hall–Kier alpha value is -0.890. The van der Waals surface area contributed by atoms with Crippen LogP contribution in [-0.4, -0.2) is 0 Å². The van der Waals surface area contributed by atoms with Gasteiger partial charge in [-0.05, 0) is 31.2 Å². The van der Waals surface area contributed by atoms with Crippen LogP contribution in [0.1, 0.15) is 46.1 Å². The third kappa shape index (κ3) is 3.60. The second-order valence-corrected chi connectivity index (χ2v) is 5.96. The number of benzene rings is 1. The Morgan fingerprint density at radius 2 is 1.62 bits per heavy atom. The molecular formula is C14H22FN. The normalized spacial score (nSPS) is 15.9. The van der Waals surface area contributed by atoms with Gasteiger partial charge < -0.3 is 5.73 Å². The highest BCUT2D eigenvalue weighted by atomic mass is 19.1. The summed E-state index contributed by atoms with van der Waals surface area (Å²) >= 11 is 0. The molecule has 1 unspecified atom stereocenters. The quantitative estimate of drug-likeness (QED) is 0.828. The first kappa shape index (κ1) is 13.2. The molecule has 90 valence electrons. The monoisotopic (exact) mass is 223 g/mol. The zero-order valence-electron chi connectivity index (χ0n) is 10.7. The fraction of sp³-hybridized carbons (Fsp3) is 0.571. The maximum absolute atomic E-state index is 13.6. The van der Waals surface area contributed by atoms with Crippen molar-refractivity contribution in [1.29, 1.82) is 0 Å². The topological polar surface area (TPSA) is 26.0 Å². The lowest BCUT2D eigenvalue weighted by Crippen LogP contribution is -2.35. The average molecular weight is 223 g/mol. The SMILES string of the molecule is CC(C)(C)CCC(C)(N)c1ccccc1F. The molecule has 2 N–H and O–H groups in total. The van der Waals surface area contributed by atoms with E-state index in [2.05, 4.69) is 20.8 Å². The van der Waals surface area contributed by atoms with E-state index in [4.69, 9.17) is 5.73 Å². The van der Waals surface area contributed by atoms with Crippen molar-refractivity contribution < 1.29 is 4.39 Å². The summed E-state index contributed by atoms with van der Waals surface area (Å²) in [6.45, 7) is 8.41. The second-order valence-electron chi connectivity index (χ2n) is 5.96. The van der Waals surface area contributed by atoms with E-state index in [1.807, 2.05) is 13.0 Å². The van der Waals surface area contributed by atoms with Crippen LogP contribution in [0.5, 0.6) is 0 Å². The van der Waals surface area contributed by atoms with Crippen LogP contribution in [0.15, 0.2) is 24.3 Å². The summed E-state index contributed by atoms with van der Waals surface area (Å²) < 4.78 is 13.6. The van der Waals surface area contributed by atoms with E-state index in [1.54, 1.807) is 12.1 Å². The van der Waals surface area contributed by atoms with Gasteiger partial charge in [-0.2, -0.15) is 0 Å². The highest BCUT2D eigenvalue weighted by molar-refractivity contribution is 5.24. The van der Waals surface area contributed by atoms with Crippen LogP contribution in [-0.2, 0) is 5.54 Å². The predicted octanol–water partition coefficient (Wildman–Crippen LogP) is 3.83. The molecule has 0 aromatic heterocycles. The van der Waals surface area contributed by atoms with Crippen molar-refractivity contribution in [1.82, 2.24) is 0 Å². The van der Waals surface area contributed by atoms with E-state index < -0.39 is 5.54 Å². The van der Waals surface area contributed by atoms with E-state index in [0.717, 1.165) is 12.8 Å². The summed E-state index contributed by atoms with van der Waals surface area (Å²) in [5, 5.41) is 0. The molecule has 0 aliphatic carbocycles. The average Bonchev–Trinajstić information content (AvgIpc) is 2.14. The maximum atomic E-state index is 13.6. The zero-order chi connectivity index (χ0) is 12.4. The molecule has 0 fully saturated rings. The summed E-state index contributed by atoms with van der Waals surface area (Å²) in [6, 6.07) is 6.77. The molecule has 2 heteroatoms. The lowest BCUT2D eigenvalue weighted by Gasteiger charge is -2.29. The summed E-state index contributed by atoms with van der Waals surface area (Å²) in [5.74, 6) is -0.207. The summed E-state index contributed by atoms with van der Waals surface area (Å²) in [4.78, 5) is 0. The van der Waals surface area contributed by atoms with Crippen molar-refractivity contribution in [3.63, 3.8) is 0 Å². The molecule has 1 aromatic carbocycles. The Labute approximate surface area is 97.9 Å². The molecule has 0 saturated heterocycles. The van der Waals surface area contributed by atoms with Crippen LogP contribution in [0.25, 0.3) is 0 Å². The highest BCUT2D eigenvalue weighted by Crippen LogP contribution is 2.31. The first-order chi connectivity index (χ1) is 7.22. The molecule has 0 saturated carbocycles. The Bertz CT molecular complexity index is 350.